The second kappa shape index (κ2) is 9.99. The summed E-state index contributed by atoms with van der Waals surface area (Å²) in [7, 11) is 1.61. The van der Waals surface area contributed by atoms with E-state index in [1.807, 2.05) is 40.6 Å². The molecule has 0 saturated carbocycles. The number of rotatable bonds is 8. The number of nitrogens with one attached hydrogen (secondary N) is 1. The van der Waals surface area contributed by atoms with Crippen LogP contribution in [0.4, 0.5) is 5.13 Å². The summed E-state index contributed by atoms with van der Waals surface area (Å²) in [5.41, 5.74) is 1.54. The van der Waals surface area contributed by atoms with Crippen molar-refractivity contribution in [3.63, 3.8) is 0 Å². The Balaban J connectivity index is 1.62. The van der Waals surface area contributed by atoms with E-state index in [1.54, 1.807) is 19.4 Å². The van der Waals surface area contributed by atoms with Crippen LogP contribution in [0.15, 0.2) is 52.5 Å². The van der Waals surface area contributed by atoms with Crippen molar-refractivity contribution >= 4 is 28.3 Å². The van der Waals surface area contributed by atoms with Gasteiger partial charge in [-0.1, -0.05) is 31.5 Å². The first-order valence-electron chi connectivity index (χ1n) is 10.8. The SMILES string of the molecule is CCCCN1C(=O)CCC(C(=O)Nc2nc(-c3ccco3)cs2)C1c1ccccc1OC. The average Bonchev–Trinajstić information content (AvgIpc) is 3.50. The molecular weight excluding hydrogens is 426 g/mol. The van der Waals surface area contributed by atoms with E-state index in [4.69, 9.17) is 9.15 Å². The number of hydrogen-bond acceptors (Lipinski definition) is 6. The summed E-state index contributed by atoms with van der Waals surface area (Å²) >= 11 is 1.35. The van der Waals surface area contributed by atoms with Gasteiger partial charge in [0.1, 0.15) is 11.4 Å². The van der Waals surface area contributed by atoms with Crippen LogP contribution in [0.1, 0.15) is 44.2 Å². The second-order valence-electron chi connectivity index (χ2n) is 7.78. The standard InChI is InChI=1S/C24H27N3O4S/c1-3-4-13-27-21(28)12-11-17(22(27)16-8-5-6-9-19(16)30-2)23(29)26-24-25-18(15-32-24)20-10-7-14-31-20/h5-10,14-15,17,22H,3-4,11-13H2,1-2H3,(H,25,26,29). The van der Waals surface area contributed by atoms with Crippen molar-refractivity contribution in [2.24, 2.45) is 5.92 Å². The lowest BCUT2D eigenvalue weighted by Crippen LogP contribution is -2.47. The fraction of sp³-hybridized carbons (Fsp3) is 0.375. The molecule has 2 aromatic heterocycles. The van der Waals surface area contributed by atoms with Crippen LogP contribution in [-0.4, -0.2) is 35.4 Å². The monoisotopic (exact) mass is 453 g/mol. The van der Waals surface area contributed by atoms with Gasteiger partial charge in [0.15, 0.2) is 10.9 Å². The molecule has 1 aliphatic heterocycles. The van der Waals surface area contributed by atoms with Crippen LogP contribution < -0.4 is 10.1 Å². The molecule has 1 aliphatic rings. The summed E-state index contributed by atoms with van der Waals surface area (Å²) < 4.78 is 11.0. The topological polar surface area (TPSA) is 84.7 Å². The molecule has 2 unspecified atom stereocenters. The molecule has 3 aromatic rings. The first-order chi connectivity index (χ1) is 15.6. The lowest BCUT2D eigenvalue weighted by atomic mass is 9.83. The van der Waals surface area contributed by atoms with E-state index in [1.165, 1.54) is 11.3 Å². The Labute approximate surface area is 191 Å². The Morgan fingerprint density at radius 3 is 2.91 bits per heavy atom. The van der Waals surface area contributed by atoms with Gasteiger partial charge >= 0.3 is 0 Å². The third-order valence-corrected chi connectivity index (χ3v) is 6.52. The summed E-state index contributed by atoms with van der Waals surface area (Å²) in [6, 6.07) is 10.9. The number of likely N-dealkylation sites (tertiary alicyclic amines) is 1. The number of carbonyl (C=O) groups is 2. The summed E-state index contributed by atoms with van der Waals surface area (Å²) in [5.74, 6) is 0.864. The van der Waals surface area contributed by atoms with Crippen molar-refractivity contribution in [1.82, 2.24) is 9.88 Å². The average molecular weight is 454 g/mol. The van der Waals surface area contributed by atoms with Gasteiger partial charge in [0, 0.05) is 23.9 Å². The molecule has 0 radical (unpaired) electrons. The van der Waals surface area contributed by atoms with Crippen molar-refractivity contribution in [2.45, 2.75) is 38.6 Å². The fourth-order valence-corrected chi connectivity index (χ4v) is 4.88. The number of hydrogen-bond donors (Lipinski definition) is 1. The molecule has 1 saturated heterocycles. The van der Waals surface area contributed by atoms with Gasteiger partial charge in [0.2, 0.25) is 11.8 Å². The summed E-state index contributed by atoms with van der Waals surface area (Å²) in [4.78, 5) is 32.6. The smallest absolute Gasteiger partial charge is 0.231 e. The lowest BCUT2D eigenvalue weighted by molar-refractivity contribution is -0.142. The van der Waals surface area contributed by atoms with Crippen LogP contribution in [0.2, 0.25) is 0 Å². The molecule has 0 spiro atoms. The zero-order chi connectivity index (χ0) is 22.5. The minimum Gasteiger partial charge on any atom is -0.496 e. The maximum atomic E-state index is 13.4. The third-order valence-electron chi connectivity index (χ3n) is 5.76. The van der Waals surface area contributed by atoms with Gasteiger partial charge in [0.05, 0.1) is 25.3 Å². The van der Waals surface area contributed by atoms with Crippen LogP contribution in [0.3, 0.4) is 0 Å². The van der Waals surface area contributed by atoms with Crippen molar-refractivity contribution in [1.29, 1.82) is 0 Å². The number of amides is 2. The molecule has 0 bridgehead atoms. The molecule has 168 valence electrons. The number of nitrogens with zero attached hydrogens (tertiary/aromatic N) is 2. The van der Waals surface area contributed by atoms with E-state index < -0.39 is 5.92 Å². The van der Waals surface area contributed by atoms with Gasteiger partial charge in [-0.2, -0.15) is 0 Å². The Hall–Kier alpha value is -3.13. The predicted molar refractivity (Wildman–Crippen MR) is 124 cm³/mol. The zero-order valence-electron chi connectivity index (χ0n) is 18.2. The van der Waals surface area contributed by atoms with Gasteiger partial charge in [-0.05, 0) is 31.0 Å². The molecule has 8 heteroatoms. The highest BCUT2D eigenvalue weighted by atomic mass is 32.1. The molecular formula is C24H27N3O4S. The van der Waals surface area contributed by atoms with Crippen molar-refractivity contribution < 1.29 is 18.7 Å². The van der Waals surface area contributed by atoms with Crippen LogP contribution in [-0.2, 0) is 9.59 Å². The highest BCUT2D eigenvalue weighted by molar-refractivity contribution is 7.14. The van der Waals surface area contributed by atoms with Gasteiger partial charge in [-0.25, -0.2) is 4.98 Å². The van der Waals surface area contributed by atoms with Gasteiger partial charge < -0.3 is 19.4 Å². The number of furan rings is 1. The molecule has 2 amide bonds. The molecule has 32 heavy (non-hydrogen) atoms. The maximum Gasteiger partial charge on any atom is 0.231 e. The maximum absolute atomic E-state index is 13.4. The minimum absolute atomic E-state index is 0.0766. The van der Waals surface area contributed by atoms with E-state index in [0.29, 0.717) is 41.7 Å². The van der Waals surface area contributed by atoms with Gasteiger partial charge in [-0.3, -0.25) is 9.59 Å². The molecule has 7 nitrogen and oxygen atoms in total. The number of anilines is 1. The van der Waals surface area contributed by atoms with Crippen molar-refractivity contribution in [3.8, 4) is 17.2 Å². The first-order valence-corrected chi connectivity index (χ1v) is 11.7. The molecule has 0 aliphatic carbocycles. The number of benzene rings is 1. The normalized spacial score (nSPS) is 18.6. The van der Waals surface area contributed by atoms with Crippen molar-refractivity contribution in [3.05, 3.63) is 53.6 Å². The van der Waals surface area contributed by atoms with E-state index in [0.717, 1.165) is 18.4 Å². The Kier molecular flexibility index (Phi) is 6.90. The molecule has 1 fully saturated rings. The molecule has 1 N–H and O–H groups in total. The van der Waals surface area contributed by atoms with Crippen LogP contribution in [0.25, 0.3) is 11.5 Å². The van der Waals surface area contributed by atoms with E-state index in [9.17, 15) is 9.59 Å². The quantitative estimate of drug-likeness (QED) is 0.511. The number of piperidine rings is 1. The Morgan fingerprint density at radius 1 is 1.31 bits per heavy atom. The molecule has 1 aromatic carbocycles. The van der Waals surface area contributed by atoms with Crippen molar-refractivity contribution in [2.75, 3.05) is 19.0 Å². The number of ether oxygens (including phenoxy) is 1. The van der Waals surface area contributed by atoms with Crippen LogP contribution in [0, 0.1) is 5.92 Å². The van der Waals surface area contributed by atoms with Crippen LogP contribution >= 0.6 is 11.3 Å². The molecule has 4 rings (SSSR count). The second-order valence-corrected chi connectivity index (χ2v) is 8.64. The summed E-state index contributed by atoms with van der Waals surface area (Å²) in [6.07, 6.45) is 4.27. The highest BCUT2D eigenvalue weighted by Crippen LogP contribution is 2.41. The number of para-hydroxylation sites is 1. The largest absolute Gasteiger partial charge is 0.496 e. The number of thiazole rings is 1. The minimum atomic E-state index is -0.406. The predicted octanol–water partition coefficient (Wildman–Crippen LogP) is 5.13. The fourth-order valence-electron chi connectivity index (χ4n) is 4.18. The Bertz CT molecular complexity index is 1060. The molecule has 2 atom stereocenters. The first kappa shape index (κ1) is 22.1. The third kappa shape index (κ3) is 4.55. The zero-order valence-corrected chi connectivity index (χ0v) is 19.1. The number of unbranched alkanes of at least 4 members (excludes halogenated alkanes) is 1. The van der Waals surface area contributed by atoms with E-state index >= 15 is 0 Å². The lowest BCUT2D eigenvalue weighted by Gasteiger charge is -2.41. The molecule has 3 heterocycles. The number of methoxy groups -OCH3 is 1. The highest BCUT2D eigenvalue weighted by Gasteiger charge is 2.41. The summed E-state index contributed by atoms with van der Waals surface area (Å²) in [6.45, 7) is 2.71. The Morgan fingerprint density at radius 2 is 2.16 bits per heavy atom. The van der Waals surface area contributed by atoms with E-state index in [2.05, 4.69) is 17.2 Å². The summed E-state index contributed by atoms with van der Waals surface area (Å²) in [5, 5.41) is 5.33. The number of carbonyl (C=O) groups excluding carboxylic acids is 2. The van der Waals surface area contributed by atoms with Gasteiger partial charge in [0.25, 0.3) is 0 Å². The number of aromatic nitrogens is 1. The van der Waals surface area contributed by atoms with Crippen LogP contribution in [0.5, 0.6) is 5.75 Å². The van der Waals surface area contributed by atoms with E-state index in [-0.39, 0.29) is 17.9 Å². The van der Waals surface area contributed by atoms with Gasteiger partial charge in [-0.15, -0.1) is 11.3 Å².